The van der Waals surface area contributed by atoms with Crippen LogP contribution in [-0.4, -0.2) is 60.7 Å². The molecule has 0 atom stereocenters. The summed E-state index contributed by atoms with van der Waals surface area (Å²) in [6.45, 7) is 10.6. The largest absolute Gasteiger partial charge is 0.358 e. The average Bonchev–Trinajstić information content (AvgIpc) is 2.87. The molecule has 0 amide bonds. The van der Waals surface area contributed by atoms with E-state index in [0.717, 1.165) is 45.7 Å². The zero-order chi connectivity index (χ0) is 10.7. The summed E-state index contributed by atoms with van der Waals surface area (Å²) in [6.07, 6.45) is 0.932. The highest BCUT2D eigenvalue weighted by Gasteiger charge is 2.21. The second-order valence-corrected chi connectivity index (χ2v) is 3.93. The minimum atomic E-state index is 0.932. The molecule has 84 valence electrons. The number of amidine groups is 2. The number of rotatable bonds is 4. The van der Waals surface area contributed by atoms with Crippen molar-refractivity contribution in [2.75, 3.05) is 39.3 Å². The first kappa shape index (κ1) is 10.5. The van der Waals surface area contributed by atoms with Crippen LogP contribution in [-0.2, 0) is 0 Å². The van der Waals surface area contributed by atoms with Crippen molar-refractivity contribution < 1.29 is 0 Å². The fourth-order valence-corrected chi connectivity index (χ4v) is 2.22. The lowest BCUT2D eigenvalue weighted by molar-refractivity contribution is 0.463. The number of likely N-dealkylation sites (N-methyl/N-ethyl adjacent to an activating group) is 2. The molecule has 0 aromatic carbocycles. The normalized spacial score (nSPS) is 20.9. The maximum absolute atomic E-state index is 4.56. The topological polar surface area (TPSA) is 31.2 Å². The van der Waals surface area contributed by atoms with Crippen LogP contribution in [0.1, 0.15) is 20.3 Å². The molecule has 2 heterocycles. The van der Waals surface area contributed by atoms with Crippen LogP contribution in [0.3, 0.4) is 0 Å². The fraction of sp³-hybridized carbons (Fsp3) is 0.818. The predicted molar refractivity (Wildman–Crippen MR) is 63.7 cm³/mol. The zero-order valence-electron chi connectivity index (χ0n) is 9.74. The molecule has 0 aliphatic carbocycles. The van der Waals surface area contributed by atoms with Gasteiger partial charge in [0.1, 0.15) is 11.7 Å². The van der Waals surface area contributed by atoms with Gasteiger partial charge in [-0.25, -0.2) is 0 Å². The number of nitrogens with zero attached hydrogens (tertiary/aromatic N) is 4. The van der Waals surface area contributed by atoms with Gasteiger partial charge in [-0.2, -0.15) is 0 Å². The van der Waals surface area contributed by atoms with E-state index in [4.69, 9.17) is 0 Å². The van der Waals surface area contributed by atoms with Crippen molar-refractivity contribution in [3.8, 4) is 0 Å². The number of aliphatic imine (C=N–C) groups is 2. The molecule has 15 heavy (non-hydrogen) atoms. The van der Waals surface area contributed by atoms with Gasteiger partial charge in [-0.3, -0.25) is 9.98 Å². The van der Waals surface area contributed by atoms with Crippen molar-refractivity contribution in [3.63, 3.8) is 0 Å². The molecule has 4 nitrogen and oxygen atoms in total. The van der Waals surface area contributed by atoms with Gasteiger partial charge >= 0.3 is 0 Å². The van der Waals surface area contributed by atoms with Crippen molar-refractivity contribution in [2.24, 2.45) is 9.98 Å². The molecule has 2 aliphatic heterocycles. The molecule has 0 spiro atoms. The van der Waals surface area contributed by atoms with Gasteiger partial charge in [0.2, 0.25) is 0 Å². The summed E-state index contributed by atoms with van der Waals surface area (Å²) in [5.74, 6) is 2.47. The molecule has 0 radical (unpaired) electrons. The van der Waals surface area contributed by atoms with E-state index in [0.29, 0.717) is 0 Å². The maximum atomic E-state index is 4.56. The highest BCUT2D eigenvalue weighted by Crippen LogP contribution is 2.10. The van der Waals surface area contributed by atoms with E-state index in [9.17, 15) is 0 Å². The van der Waals surface area contributed by atoms with Gasteiger partial charge in [0.25, 0.3) is 0 Å². The van der Waals surface area contributed by atoms with Crippen molar-refractivity contribution >= 4 is 11.7 Å². The van der Waals surface area contributed by atoms with Crippen molar-refractivity contribution in [2.45, 2.75) is 20.3 Å². The fourth-order valence-electron chi connectivity index (χ4n) is 2.22. The lowest BCUT2D eigenvalue weighted by Gasteiger charge is -2.22. The first-order valence-corrected chi connectivity index (χ1v) is 5.91. The summed E-state index contributed by atoms with van der Waals surface area (Å²) in [5, 5.41) is 0. The van der Waals surface area contributed by atoms with Crippen molar-refractivity contribution in [1.29, 1.82) is 0 Å². The molecule has 0 saturated heterocycles. The lowest BCUT2D eigenvalue weighted by atomic mass is 10.3. The Balaban J connectivity index is 1.96. The van der Waals surface area contributed by atoms with E-state index < -0.39 is 0 Å². The minimum Gasteiger partial charge on any atom is -0.358 e. The Kier molecular flexibility index (Phi) is 3.23. The van der Waals surface area contributed by atoms with Gasteiger partial charge in [0.15, 0.2) is 0 Å². The zero-order valence-corrected chi connectivity index (χ0v) is 9.74. The number of hydrogen-bond donors (Lipinski definition) is 0. The minimum absolute atomic E-state index is 0.932. The second-order valence-electron chi connectivity index (χ2n) is 3.93. The molecule has 4 heteroatoms. The molecule has 0 fully saturated rings. The SMILES string of the molecule is CCN1CCN=C1CC1=NCCN1CC. The van der Waals surface area contributed by atoms with Crippen LogP contribution in [0.4, 0.5) is 0 Å². The molecular weight excluding hydrogens is 188 g/mol. The first-order valence-electron chi connectivity index (χ1n) is 5.91. The van der Waals surface area contributed by atoms with Gasteiger partial charge in [0.05, 0.1) is 19.5 Å². The van der Waals surface area contributed by atoms with Crippen LogP contribution >= 0.6 is 0 Å². The molecular formula is C11H20N4. The highest BCUT2D eigenvalue weighted by molar-refractivity contribution is 6.03. The van der Waals surface area contributed by atoms with E-state index in [1.807, 2.05) is 0 Å². The van der Waals surface area contributed by atoms with Crippen LogP contribution in [0.15, 0.2) is 9.98 Å². The van der Waals surface area contributed by atoms with Gasteiger partial charge in [0, 0.05) is 26.2 Å². The molecule has 2 aliphatic rings. The first-order chi connectivity index (χ1) is 7.35. The third-order valence-corrected chi connectivity index (χ3v) is 3.14. The van der Waals surface area contributed by atoms with Crippen LogP contribution in [0.5, 0.6) is 0 Å². The number of hydrogen-bond acceptors (Lipinski definition) is 4. The monoisotopic (exact) mass is 208 g/mol. The summed E-state index contributed by atoms with van der Waals surface area (Å²) in [6, 6.07) is 0. The van der Waals surface area contributed by atoms with Crippen LogP contribution < -0.4 is 0 Å². The maximum Gasteiger partial charge on any atom is 0.107 e. The van der Waals surface area contributed by atoms with E-state index in [-0.39, 0.29) is 0 Å². The van der Waals surface area contributed by atoms with Crippen LogP contribution in [0.2, 0.25) is 0 Å². The summed E-state index contributed by atoms with van der Waals surface area (Å²) < 4.78 is 0. The van der Waals surface area contributed by atoms with E-state index in [1.165, 1.54) is 11.7 Å². The van der Waals surface area contributed by atoms with Crippen LogP contribution in [0.25, 0.3) is 0 Å². The molecule has 0 unspecified atom stereocenters. The molecule has 0 N–H and O–H groups in total. The molecule has 2 rings (SSSR count). The average molecular weight is 208 g/mol. The smallest absolute Gasteiger partial charge is 0.107 e. The Morgan fingerprint density at radius 2 is 1.40 bits per heavy atom. The molecule has 0 saturated carbocycles. The van der Waals surface area contributed by atoms with Gasteiger partial charge in [-0.1, -0.05) is 0 Å². The van der Waals surface area contributed by atoms with Gasteiger partial charge < -0.3 is 9.80 Å². The highest BCUT2D eigenvalue weighted by atomic mass is 15.3. The Hall–Kier alpha value is -1.06. The van der Waals surface area contributed by atoms with Gasteiger partial charge in [-0.05, 0) is 13.8 Å². The summed E-state index contributed by atoms with van der Waals surface area (Å²) in [7, 11) is 0. The summed E-state index contributed by atoms with van der Waals surface area (Å²) in [4.78, 5) is 13.8. The Morgan fingerprint density at radius 1 is 0.933 bits per heavy atom. The second kappa shape index (κ2) is 4.64. The Morgan fingerprint density at radius 3 is 1.80 bits per heavy atom. The summed E-state index contributed by atoms with van der Waals surface area (Å²) >= 11 is 0. The molecule has 0 aromatic heterocycles. The van der Waals surface area contributed by atoms with E-state index in [1.54, 1.807) is 0 Å². The Labute approximate surface area is 91.7 Å². The third-order valence-electron chi connectivity index (χ3n) is 3.14. The molecule has 0 bridgehead atoms. The van der Waals surface area contributed by atoms with Crippen molar-refractivity contribution in [1.82, 2.24) is 9.80 Å². The van der Waals surface area contributed by atoms with Crippen LogP contribution in [0, 0.1) is 0 Å². The lowest BCUT2D eigenvalue weighted by Crippen LogP contribution is -2.34. The quantitative estimate of drug-likeness (QED) is 0.685. The van der Waals surface area contributed by atoms with Crippen molar-refractivity contribution in [3.05, 3.63) is 0 Å². The standard InChI is InChI=1S/C11H20N4/c1-3-14-7-5-12-10(14)9-11-13-6-8-15(11)4-2/h3-9H2,1-2H3. The summed E-state index contributed by atoms with van der Waals surface area (Å²) in [5.41, 5.74) is 0. The van der Waals surface area contributed by atoms with E-state index in [2.05, 4.69) is 33.6 Å². The van der Waals surface area contributed by atoms with Gasteiger partial charge in [-0.15, -0.1) is 0 Å². The predicted octanol–water partition coefficient (Wildman–Crippen LogP) is 0.845. The third kappa shape index (κ3) is 2.13. The Bertz CT molecular complexity index is 254. The van der Waals surface area contributed by atoms with E-state index >= 15 is 0 Å². The molecule has 0 aromatic rings.